The Balaban J connectivity index is 0.948. The summed E-state index contributed by atoms with van der Waals surface area (Å²) in [7, 11) is 0. The highest BCUT2D eigenvalue weighted by Crippen LogP contribution is 2.24. The van der Waals surface area contributed by atoms with E-state index in [4.69, 9.17) is 23.2 Å². The predicted molar refractivity (Wildman–Crippen MR) is 177 cm³/mol. The van der Waals surface area contributed by atoms with Crippen molar-refractivity contribution in [3.05, 3.63) is 106 Å². The summed E-state index contributed by atoms with van der Waals surface area (Å²) in [6.07, 6.45) is 0.723. The molecule has 43 heavy (non-hydrogen) atoms. The van der Waals surface area contributed by atoms with Gasteiger partial charge in [0.15, 0.2) is 10.3 Å². The lowest BCUT2D eigenvalue weighted by Crippen LogP contribution is -2.14. The Bertz CT molecular complexity index is 1780. The molecule has 0 aliphatic rings. The second-order valence-corrected chi connectivity index (χ2v) is 12.5. The van der Waals surface area contributed by atoms with E-state index in [9.17, 15) is 9.59 Å². The number of thioether (sulfide) groups is 2. The molecule has 2 aromatic heterocycles. The summed E-state index contributed by atoms with van der Waals surface area (Å²) in [6, 6.07) is 26.4. The van der Waals surface area contributed by atoms with Gasteiger partial charge in [0.25, 0.3) is 0 Å². The van der Waals surface area contributed by atoms with Gasteiger partial charge < -0.3 is 20.6 Å². The van der Waals surface area contributed by atoms with Crippen LogP contribution in [0.4, 0.5) is 11.4 Å². The van der Waals surface area contributed by atoms with E-state index in [1.54, 1.807) is 12.1 Å². The maximum Gasteiger partial charge on any atom is 0.234 e. The van der Waals surface area contributed by atoms with Gasteiger partial charge in [-0.05, 0) is 78.2 Å². The second kappa shape index (κ2) is 13.1. The standard InChI is InChI=1S/C31H24Cl2N6O2S2/c32-20-5-11-24-26(14-20)38-30(36-24)42-16-28(40)34-22-7-1-18(2-8-22)13-19-3-9-23(10-4-19)35-29(41)17-43-31-37-25-12-6-21(33)15-27(25)39-31/h1-12,14-15H,13,16-17H2,(H,34,40)(H,35,41)(H,36,38)(H,37,39). The van der Waals surface area contributed by atoms with Gasteiger partial charge in [-0.1, -0.05) is 71.0 Å². The van der Waals surface area contributed by atoms with E-state index in [0.717, 1.165) is 51.0 Å². The van der Waals surface area contributed by atoms with Gasteiger partial charge in [-0.15, -0.1) is 0 Å². The lowest BCUT2D eigenvalue weighted by Gasteiger charge is -2.08. The molecule has 0 aliphatic heterocycles. The number of hydrogen-bond donors (Lipinski definition) is 4. The van der Waals surface area contributed by atoms with Gasteiger partial charge in [0.1, 0.15) is 0 Å². The van der Waals surface area contributed by atoms with E-state index in [0.29, 0.717) is 20.4 Å². The van der Waals surface area contributed by atoms with Crippen LogP contribution in [0.1, 0.15) is 11.1 Å². The molecule has 0 aliphatic carbocycles. The molecule has 0 bridgehead atoms. The molecule has 0 atom stereocenters. The van der Waals surface area contributed by atoms with Crippen LogP contribution in [0.3, 0.4) is 0 Å². The summed E-state index contributed by atoms with van der Waals surface area (Å²) in [5, 5.41) is 8.45. The third kappa shape index (κ3) is 7.71. The van der Waals surface area contributed by atoms with Crippen molar-refractivity contribution in [2.24, 2.45) is 0 Å². The van der Waals surface area contributed by atoms with E-state index >= 15 is 0 Å². The van der Waals surface area contributed by atoms with Crippen molar-refractivity contribution < 1.29 is 9.59 Å². The van der Waals surface area contributed by atoms with Crippen molar-refractivity contribution in [2.45, 2.75) is 16.7 Å². The van der Waals surface area contributed by atoms with Crippen LogP contribution in [0.15, 0.2) is 95.2 Å². The van der Waals surface area contributed by atoms with Crippen molar-refractivity contribution >= 4 is 92.0 Å². The summed E-state index contributed by atoms with van der Waals surface area (Å²) in [5.74, 6) is 0.225. The van der Waals surface area contributed by atoms with Gasteiger partial charge in [-0.25, -0.2) is 9.97 Å². The third-order valence-corrected chi connectivity index (χ3v) is 8.62. The summed E-state index contributed by atoms with van der Waals surface area (Å²) in [4.78, 5) is 40.2. The molecule has 0 spiro atoms. The molecular formula is C31H24Cl2N6O2S2. The fourth-order valence-corrected chi connectivity index (χ4v) is 6.08. The number of fused-ring (bicyclic) bond motifs is 2. The van der Waals surface area contributed by atoms with E-state index in [1.165, 1.54) is 23.5 Å². The van der Waals surface area contributed by atoms with Crippen molar-refractivity contribution in [1.82, 2.24) is 19.9 Å². The van der Waals surface area contributed by atoms with Gasteiger partial charge in [0.05, 0.1) is 33.6 Å². The van der Waals surface area contributed by atoms with Gasteiger partial charge in [-0.2, -0.15) is 0 Å². The lowest BCUT2D eigenvalue weighted by molar-refractivity contribution is -0.114. The zero-order chi connectivity index (χ0) is 29.8. The van der Waals surface area contributed by atoms with Crippen molar-refractivity contribution in [3.63, 3.8) is 0 Å². The fraction of sp³-hybridized carbons (Fsp3) is 0.0968. The number of benzene rings is 4. The Morgan fingerprint density at radius 1 is 0.628 bits per heavy atom. The molecule has 0 unspecified atom stereocenters. The predicted octanol–water partition coefficient (Wildman–Crippen LogP) is 7.80. The van der Waals surface area contributed by atoms with Crippen LogP contribution in [0.2, 0.25) is 10.0 Å². The topological polar surface area (TPSA) is 116 Å². The van der Waals surface area contributed by atoms with Gasteiger partial charge in [0, 0.05) is 21.4 Å². The first-order valence-electron chi connectivity index (χ1n) is 13.2. The van der Waals surface area contributed by atoms with Crippen LogP contribution in [0, 0.1) is 0 Å². The van der Waals surface area contributed by atoms with Gasteiger partial charge in [0.2, 0.25) is 11.8 Å². The number of halogens is 2. The molecule has 12 heteroatoms. The number of amides is 2. The number of aromatic nitrogens is 4. The zero-order valence-corrected chi connectivity index (χ0v) is 25.6. The molecule has 0 fully saturated rings. The largest absolute Gasteiger partial charge is 0.333 e. The van der Waals surface area contributed by atoms with Crippen LogP contribution in [0.5, 0.6) is 0 Å². The van der Waals surface area contributed by atoms with E-state index in [-0.39, 0.29) is 23.3 Å². The van der Waals surface area contributed by atoms with E-state index < -0.39 is 0 Å². The normalized spacial score (nSPS) is 11.2. The molecule has 2 amide bonds. The first-order valence-corrected chi connectivity index (χ1v) is 15.9. The molecule has 4 aromatic carbocycles. The molecule has 8 nitrogen and oxygen atoms in total. The lowest BCUT2D eigenvalue weighted by atomic mass is 10.0. The Morgan fingerprint density at radius 3 is 1.47 bits per heavy atom. The summed E-state index contributed by atoms with van der Waals surface area (Å²) < 4.78 is 0. The molecular weight excluding hydrogens is 623 g/mol. The number of H-pyrrole nitrogens is 2. The van der Waals surface area contributed by atoms with Crippen LogP contribution < -0.4 is 10.6 Å². The van der Waals surface area contributed by atoms with Gasteiger partial charge >= 0.3 is 0 Å². The smallest absolute Gasteiger partial charge is 0.234 e. The highest BCUT2D eigenvalue weighted by atomic mass is 35.5. The van der Waals surface area contributed by atoms with Crippen molar-refractivity contribution in [3.8, 4) is 0 Å². The van der Waals surface area contributed by atoms with Crippen molar-refractivity contribution in [1.29, 1.82) is 0 Å². The summed E-state index contributed by atoms with van der Waals surface area (Å²) in [6.45, 7) is 0. The number of carbonyl (C=O) groups is 2. The molecule has 216 valence electrons. The number of aromatic amines is 2. The average Bonchev–Trinajstić information content (AvgIpc) is 3.60. The maximum absolute atomic E-state index is 12.5. The number of anilines is 2. The molecule has 4 N–H and O–H groups in total. The van der Waals surface area contributed by atoms with E-state index in [1.807, 2.05) is 72.8 Å². The first kappa shape index (κ1) is 29.1. The molecule has 2 heterocycles. The zero-order valence-electron chi connectivity index (χ0n) is 22.5. The molecule has 6 aromatic rings. The quantitative estimate of drug-likeness (QED) is 0.113. The molecule has 0 saturated heterocycles. The fourth-order valence-electron chi connectivity index (χ4n) is 4.36. The maximum atomic E-state index is 12.5. The highest BCUT2D eigenvalue weighted by Gasteiger charge is 2.10. The van der Waals surface area contributed by atoms with Gasteiger partial charge in [-0.3, -0.25) is 9.59 Å². The third-order valence-electron chi connectivity index (χ3n) is 6.41. The number of carbonyl (C=O) groups excluding carboxylic acids is 2. The minimum Gasteiger partial charge on any atom is -0.333 e. The number of hydrogen-bond acceptors (Lipinski definition) is 6. The number of nitrogens with one attached hydrogen (secondary N) is 4. The second-order valence-electron chi connectivity index (χ2n) is 9.65. The Morgan fingerprint density at radius 2 is 1.05 bits per heavy atom. The molecule has 6 rings (SSSR count). The van der Waals surface area contributed by atoms with Crippen LogP contribution in [0.25, 0.3) is 22.1 Å². The number of nitrogens with zero attached hydrogens (tertiary/aromatic N) is 2. The Hall–Kier alpha value is -3.96. The number of imidazole rings is 2. The van der Waals surface area contributed by atoms with Crippen LogP contribution in [-0.4, -0.2) is 43.3 Å². The minimum absolute atomic E-state index is 0.116. The van der Waals surface area contributed by atoms with Crippen molar-refractivity contribution in [2.75, 3.05) is 22.1 Å². The first-order chi connectivity index (χ1) is 20.9. The minimum atomic E-state index is -0.116. The van der Waals surface area contributed by atoms with Crippen LogP contribution in [-0.2, 0) is 16.0 Å². The highest BCUT2D eigenvalue weighted by molar-refractivity contribution is 8.00. The monoisotopic (exact) mass is 646 g/mol. The SMILES string of the molecule is O=C(CSc1nc2ccc(Cl)cc2[nH]1)Nc1ccc(Cc2ccc(NC(=O)CSc3nc4ccc(Cl)cc4[nH]3)cc2)cc1. The van der Waals surface area contributed by atoms with Crippen LogP contribution >= 0.6 is 46.7 Å². The Kier molecular flexibility index (Phi) is 8.90. The summed E-state index contributed by atoms with van der Waals surface area (Å²) >= 11 is 14.7. The Labute approximate surface area is 265 Å². The van der Waals surface area contributed by atoms with E-state index in [2.05, 4.69) is 30.6 Å². The molecule has 0 radical (unpaired) electrons. The molecule has 0 saturated carbocycles. The average molecular weight is 648 g/mol. The summed E-state index contributed by atoms with van der Waals surface area (Å²) in [5.41, 5.74) is 6.96. The number of rotatable bonds is 10.